The van der Waals surface area contributed by atoms with Crippen molar-refractivity contribution in [3.63, 3.8) is 0 Å². The lowest BCUT2D eigenvalue weighted by Gasteiger charge is -2.31. The van der Waals surface area contributed by atoms with Gasteiger partial charge in [-0.3, -0.25) is 0 Å². The van der Waals surface area contributed by atoms with Crippen LogP contribution in [0.3, 0.4) is 0 Å². The predicted octanol–water partition coefficient (Wildman–Crippen LogP) is 0.908. The molecule has 1 aliphatic carbocycles. The summed E-state index contributed by atoms with van der Waals surface area (Å²) in [7, 11) is 0. The van der Waals surface area contributed by atoms with Crippen LogP contribution in [0.1, 0.15) is 12.8 Å². The number of nitrogens with one attached hydrogen (secondary N) is 1. The van der Waals surface area contributed by atoms with Crippen molar-refractivity contribution in [1.29, 1.82) is 0 Å². The third-order valence-electron chi connectivity index (χ3n) is 2.28. The fourth-order valence-corrected chi connectivity index (χ4v) is 2.06. The Morgan fingerprint density at radius 2 is 2.46 bits per heavy atom. The van der Waals surface area contributed by atoms with Crippen LogP contribution in [0.25, 0.3) is 0 Å². The van der Waals surface area contributed by atoms with E-state index in [0.29, 0.717) is 5.92 Å². The van der Waals surface area contributed by atoms with Gasteiger partial charge in [0.1, 0.15) is 5.00 Å². The van der Waals surface area contributed by atoms with E-state index >= 15 is 0 Å². The fourth-order valence-electron chi connectivity index (χ4n) is 1.47. The first-order valence-corrected chi connectivity index (χ1v) is 5.19. The highest BCUT2D eigenvalue weighted by molar-refractivity contribution is 7.19. The molecule has 0 unspecified atom stereocenters. The number of aromatic nitrogens is 1. The molecule has 0 radical (unpaired) electrons. The molecule has 0 saturated heterocycles. The summed E-state index contributed by atoms with van der Waals surface area (Å²) < 4.78 is 0. The van der Waals surface area contributed by atoms with E-state index in [9.17, 15) is 0 Å². The van der Waals surface area contributed by atoms with E-state index in [-0.39, 0.29) is 6.10 Å². The minimum atomic E-state index is -0.0758. The van der Waals surface area contributed by atoms with Gasteiger partial charge in [0.25, 0.3) is 0 Å². The van der Waals surface area contributed by atoms with Gasteiger partial charge in [0.05, 0.1) is 12.3 Å². The number of rotatable bonds is 3. The van der Waals surface area contributed by atoms with Crippen molar-refractivity contribution in [1.82, 2.24) is 4.98 Å². The van der Waals surface area contributed by atoms with Crippen LogP contribution in [0.5, 0.6) is 0 Å². The Balaban J connectivity index is 1.74. The van der Waals surface area contributed by atoms with Crippen molar-refractivity contribution in [2.45, 2.75) is 18.9 Å². The van der Waals surface area contributed by atoms with Crippen molar-refractivity contribution in [2.24, 2.45) is 5.92 Å². The fraction of sp³-hybridized carbons (Fsp3) is 0.625. The van der Waals surface area contributed by atoms with Gasteiger partial charge in [-0.25, -0.2) is 4.98 Å². The van der Waals surface area contributed by atoms with Crippen LogP contribution < -0.4 is 11.1 Å². The summed E-state index contributed by atoms with van der Waals surface area (Å²) in [5.41, 5.74) is 5.53. The highest BCUT2D eigenvalue weighted by Gasteiger charge is 2.26. The number of aliphatic hydroxyl groups excluding tert-OH is 1. The summed E-state index contributed by atoms with van der Waals surface area (Å²) in [5.74, 6) is 0.597. The van der Waals surface area contributed by atoms with Gasteiger partial charge in [-0.05, 0) is 18.8 Å². The van der Waals surface area contributed by atoms with Crippen LogP contribution in [0, 0.1) is 5.92 Å². The number of anilines is 2. The number of nitrogens with two attached hydrogens (primary N) is 1. The molecule has 0 atom stereocenters. The molecule has 5 heteroatoms. The Labute approximate surface area is 80.8 Å². The molecule has 13 heavy (non-hydrogen) atoms. The summed E-state index contributed by atoms with van der Waals surface area (Å²) in [6, 6.07) is 0. The van der Waals surface area contributed by atoms with E-state index < -0.39 is 0 Å². The SMILES string of the molecule is Nc1cnc(NCC2CC(O)C2)s1. The van der Waals surface area contributed by atoms with E-state index in [1.165, 1.54) is 11.3 Å². The molecule has 1 heterocycles. The Kier molecular flexibility index (Phi) is 2.37. The minimum absolute atomic E-state index is 0.0758. The molecule has 1 aromatic rings. The highest BCUT2D eigenvalue weighted by atomic mass is 32.1. The summed E-state index contributed by atoms with van der Waals surface area (Å²) in [4.78, 5) is 4.09. The summed E-state index contributed by atoms with van der Waals surface area (Å²) in [5, 5.41) is 13.9. The number of nitrogens with zero attached hydrogens (tertiary/aromatic N) is 1. The van der Waals surface area contributed by atoms with Crippen molar-refractivity contribution >= 4 is 21.5 Å². The summed E-state index contributed by atoms with van der Waals surface area (Å²) in [6.45, 7) is 0.893. The Hall–Kier alpha value is -0.810. The lowest BCUT2D eigenvalue weighted by atomic mass is 9.82. The normalized spacial score (nSPS) is 26.8. The average molecular weight is 199 g/mol. The van der Waals surface area contributed by atoms with E-state index in [1.54, 1.807) is 6.20 Å². The number of hydrogen-bond donors (Lipinski definition) is 3. The second kappa shape index (κ2) is 3.51. The van der Waals surface area contributed by atoms with Crippen molar-refractivity contribution < 1.29 is 5.11 Å². The van der Waals surface area contributed by atoms with Gasteiger partial charge < -0.3 is 16.2 Å². The third kappa shape index (κ3) is 2.10. The molecule has 72 valence electrons. The highest BCUT2D eigenvalue weighted by Crippen LogP contribution is 2.28. The minimum Gasteiger partial charge on any atom is -0.393 e. The molecule has 1 fully saturated rings. The summed E-state index contributed by atoms with van der Waals surface area (Å²) in [6.07, 6.45) is 3.40. The molecular weight excluding hydrogens is 186 g/mol. The number of nitrogen functional groups attached to an aromatic ring is 1. The molecule has 0 aromatic carbocycles. The average Bonchev–Trinajstić information content (AvgIpc) is 2.43. The van der Waals surface area contributed by atoms with Crippen LogP contribution in [0.15, 0.2) is 6.20 Å². The maximum Gasteiger partial charge on any atom is 0.184 e. The first kappa shape index (κ1) is 8.77. The van der Waals surface area contributed by atoms with Crippen molar-refractivity contribution in [2.75, 3.05) is 17.6 Å². The first-order valence-electron chi connectivity index (χ1n) is 4.37. The smallest absolute Gasteiger partial charge is 0.184 e. The topological polar surface area (TPSA) is 71.2 Å². The zero-order valence-corrected chi connectivity index (χ0v) is 8.05. The van der Waals surface area contributed by atoms with Crippen LogP contribution in [-0.2, 0) is 0 Å². The second-order valence-corrected chi connectivity index (χ2v) is 4.50. The first-order chi connectivity index (χ1) is 6.24. The molecule has 1 aliphatic rings. The van der Waals surface area contributed by atoms with Gasteiger partial charge in [-0.2, -0.15) is 0 Å². The number of hydrogen-bond acceptors (Lipinski definition) is 5. The van der Waals surface area contributed by atoms with E-state index in [1.807, 2.05) is 0 Å². The maximum atomic E-state index is 9.06. The van der Waals surface area contributed by atoms with Gasteiger partial charge in [-0.15, -0.1) is 0 Å². The second-order valence-electron chi connectivity index (χ2n) is 3.44. The van der Waals surface area contributed by atoms with Gasteiger partial charge >= 0.3 is 0 Å². The molecule has 0 amide bonds. The standard InChI is InChI=1S/C8H13N3OS/c9-7-4-11-8(13-7)10-3-5-1-6(12)2-5/h4-6,12H,1-3,9H2,(H,10,11). The molecule has 0 aliphatic heterocycles. The lowest BCUT2D eigenvalue weighted by Crippen LogP contribution is -2.33. The zero-order valence-electron chi connectivity index (χ0n) is 7.23. The van der Waals surface area contributed by atoms with Crippen LogP contribution in [0.4, 0.5) is 10.1 Å². The van der Waals surface area contributed by atoms with Gasteiger partial charge in [0, 0.05) is 6.54 Å². The molecule has 1 aromatic heterocycles. The summed E-state index contributed by atoms with van der Waals surface area (Å²) >= 11 is 1.46. The molecule has 4 N–H and O–H groups in total. The Morgan fingerprint density at radius 3 is 3.00 bits per heavy atom. The Morgan fingerprint density at radius 1 is 1.69 bits per heavy atom. The number of thiazole rings is 1. The molecule has 0 bridgehead atoms. The van der Waals surface area contributed by atoms with Crippen LogP contribution in [-0.4, -0.2) is 22.7 Å². The van der Waals surface area contributed by atoms with Crippen molar-refractivity contribution in [3.05, 3.63) is 6.20 Å². The van der Waals surface area contributed by atoms with Crippen LogP contribution >= 0.6 is 11.3 Å². The predicted molar refractivity (Wildman–Crippen MR) is 53.7 cm³/mol. The van der Waals surface area contributed by atoms with E-state index in [0.717, 1.165) is 29.5 Å². The van der Waals surface area contributed by atoms with Gasteiger partial charge in [0.2, 0.25) is 0 Å². The van der Waals surface area contributed by atoms with Crippen molar-refractivity contribution in [3.8, 4) is 0 Å². The number of aliphatic hydroxyl groups is 1. The maximum absolute atomic E-state index is 9.06. The van der Waals surface area contributed by atoms with E-state index in [4.69, 9.17) is 10.8 Å². The van der Waals surface area contributed by atoms with Crippen LogP contribution in [0.2, 0.25) is 0 Å². The molecule has 1 saturated carbocycles. The molecule has 0 spiro atoms. The van der Waals surface area contributed by atoms with Gasteiger partial charge in [0.15, 0.2) is 5.13 Å². The third-order valence-corrected chi connectivity index (χ3v) is 3.06. The zero-order chi connectivity index (χ0) is 9.26. The largest absolute Gasteiger partial charge is 0.393 e. The molecule has 4 nitrogen and oxygen atoms in total. The lowest BCUT2D eigenvalue weighted by molar-refractivity contribution is 0.0487. The quantitative estimate of drug-likeness (QED) is 0.676. The van der Waals surface area contributed by atoms with E-state index in [2.05, 4.69) is 10.3 Å². The molecule has 2 rings (SSSR count). The monoisotopic (exact) mass is 199 g/mol. The van der Waals surface area contributed by atoms with Gasteiger partial charge in [-0.1, -0.05) is 11.3 Å². The molecular formula is C8H13N3OS. The Bertz CT molecular complexity index is 283.